The summed E-state index contributed by atoms with van der Waals surface area (Å²) in [5.74, 6) is 0. The van der Waals surface area contributed by atoms with Crippen LogP contribution in [0.25, 0.3) is 0 Å². The maximum atomic E-state index is 12.9. The largest absolute Gasteiger partial charge is 0.416 e. The lowest BCUT2D eigenvalue weighted by atomic mass is 9.98. The lowest BCUT2D eigenvalue weighted by Gasteiger charge is -2.19. The van der Waals surface area contributed by atoms with Gasteiger partial charge < -0.3 is 0 Å². The van der Waals surface area contributed by atoms with Gasteiger partial charge in [-0.05, 0) is 41.1 Å². The van der Waals surface area contributed by atoms with Crippen molar-refractivity contribution in [2.75, 3.05) is 0 Å². The Morgan fingerprint density at radius 2 is 1.29 bits per heavy atom. The van der Waals surface area contributed by atoms with E-state index in [9.17, 15) is 26.3 Å². The summed E-state index contributed by atoms with van der Waals surface area (Å²) in [6.45, 7) is 0. The number of hydrogen-bond donors (Lipinski definition) is 0. The molecular formula is C16H9F6NS. The molecule has 0 fully saturated rings. The van der Waals surface area contributed by atoms with E-state index in [0.29, 0.717) is 29.5 Å². The Morgan fingerprint density at radius 1 is 0.792 bits per heavy atom. The predicted octanol–water partition coefficient (Wildman–Crippen LogP) is 6.03. The summed E-state index contributed by atoms with van der Waals surface area (Å²) in [4.78, 5) is 0. The Kier molecular flexibility index (Phi) is 5.13. The fourth-order valence-electron chi connectivity index (χ4n) is 2.14. The van der Waals surface area contributed by atoms with Gasteiger partial charge in [0, 0.05) is 0 Å². The second kappa shape index (κ2) is 6.77. The zero-order valence-electron chi connectivity index (χ0n) is 11.8. The number of alkyl halides is 6. The van der Waals surface area contributed by atoms with Gasteiger partial charge in [-0.25, -0.2) is 0 Å². The van der Waals surface area contributed by atoms with Crippen molar-refractivity contribution >= 4 is 11.8 Å². The molecule has 8 heteroatoms. The summed E-state index contributed by atoms with van der Waals surface area (Å²) in [5, 5.41) is 9.66. The van der Waals surface area contributed by atoms with Crippen molar-refractivity contribution in [3.8, 4) is 5.40 Å². The molecule has 0 saturated carbocycles. The molecule has 0 N–H and O–H groups in total. The molecule has 0 bridgehead atoms. The minimum atomic E-state index is -4.92. The molecule has 24 heavy (non-hydrogen) atoms. The van der Waals surface area contributed by atoms with Crippen LogP contribution in [0.4, 0.5) is 26.3 Å². The van der Waals surface area contributed by atoms with Gasteiger partial charge in [0.05, 0.1) is 16.4 Å². The van der Waals surface area contributed by atoms with Crippen molar-refractivity contribution in [1.29, 1.82) is 5.26 Å². The molecule has 0 saturated heterocycles. The van der Waals surface area contributed by atoms with Crippen LogP contribution in [0.2, 0.25) is 0 Å². The summed E-state index contributed by atoms with van der Waals surface area (Å²) in [6, 6.07) is 9.31. The molecule has 0 heterocycles. The first-order valence-corrected chi connectivity index (χ1v) is 7.40. The first kappa shape index (κ1) is 18.2. The summed E-state index contributed by atoms with van der Waals surface area (Å²) >= 11 is 0.592. The van der Waals surface area contributed by atoms with Gasteiger partial charge in [-0.3, -0.25) is 0 Å². The monoisotopic (exact) mass is 361 g/mol. The number of thiocyanates is 1. The van der Waals surface area contributed by atoms with Crippen LogP contribution in [0.5, 0.6) is 0 Å². The number of thioether (sulfide) groups is 1. The Morgan fingerprint density at radius 3 is 1.71 bits per heavy atom. The number of benzene rings is 2. The maximum Gasteiger partial charge on any atom is 0.416 e. The van der Waals surface area contributed by atoms with Gasteiger partial charge in [0.1, 0.15) is 5.40 Å². The van der Waals surface area contributed by atoms with E-state index >= 15 is 0 Å². The Labute approximate surface area is 137 Å². The molecule has 0 aliphatic carbocycles. The van der Waals surface area contributed by atoms with Gasteiger partial charge in [0.15, 0.2) is 0 Å². The fraction of sp³-hybridized carbons (Fsp3) is 0.188. The number of rotatable bonds is 3. The number of hydrogen-bond acceptors (Lipinski definition) is 2. The van der Waals surface area contributed by atoms with Crippen LogP contribution in [0.3, 0.4) is 0 Å². The van der Waals surface area contributed by atoms with Crippen LogP contribution in [-0.4, -0.2) is 0 Å². The molecule has 0 amide bonds. The summed E-state index contributed by atoms with van der Waals surface area (Å²) < 4.78 is 77.7. The average molecular weight is 361 g/mol. The Bertz CT molecular complexity index is 714. The van der Waals surface area contributed by atoms with E-state index in [-0.39, 0.29) is 11.6 Å². The highest BCUT2D eigenvalue weighted by Gasteiger charge is 2.37. The minimum absolute atomic E-state index is 0.0720. The van der Waals surface area contributed by atoms with E-state index in [1.165, 1.54) is 0 Å². The third-order valence-electron chi connectivity index (χ3n) is 3.19. The third kappa shape index (κ3) is 4.23. The Balaban J connectivity index is 2.64. The standard InChI is InChI=1S/C16H9F6NS/c17-15(18,19)12-6-11(7-13(8-12)16(20,21)22)14(24-9-23)10-4-2-1-3-5-10/h1-8,14H. The molecule has 126 valence electrons. The zero-order valence-corrected chi connectivity index (χ0v) is 12.6. The molecule has 0 aliphatic heterocycles. The predicted molar refractivity (Wildman–Crippen MR) is 77.9 cm³/mol. The van der Waals surface area contributed by atoms with Crippen LogP contribution in [0.15, 0.2) is 48.5 Å². The fourth-order valence-corrected chi connectivity index (χ4v) is 2.81. The molecule has 0 radical (unpaired) electrons. The first-order chi connectivity index (χ1) is 11.1. The van der Waals surface area contributed by atoms with Crippen molar-refractivity contribution in [3.05, 3.63) is 70.8 Å². The second-order valence-corrected chi connectivity index (χ2v) is 5.73. The van der Waals surface area contributed by atoms with Crippen LogP contribution in [0, 0.1) is 10.7 Å². The third-order valence-corrected chi connectivity index (χ3v) is 4.07. The van der Waals surface area contributed by atoms with Crippen LogP contribution in [-0.2, 0) is 12.4 Å². The molecule has 2 rings (SSSR count). The highest BCUT2D eigenvalue weighted by Crippen LogP contribution is 2.41. The lowest BCUT2D eigenvalue weighted by molar-refractivity contribution is -0.143. The molecule has 1 nitrogen and oxygen atoms in total. The van der Waals surface area contributed by atoms with Gasteiger partial charge in [0.2, 0.25) is 0 Å². The molecular weight excluding hydrogens is 352 g/mol. The highest BCUT2D eigenvalue weighted by molar-refractivity contribution is 8.04. The van der Waals surface area contributed by atoms with Crippen molar-refractivity contribution in [2.45, 2.75) is 17.6 Å². The number of nitrogens with zero attached hydrogens (tertiary/aromatic N) is 1. The molecule has 1 atom stereocenters. The highest BCUT2D eigenvalue weighted by atomic mass is 32.2. The van der Waals surface area contributed by atoms with Crippen molar-refractivity contribution in [2.24, 2.45) is 0 Å². The van der Waals surface area contributed by atoms with Gasteiger partial charge in [-0.15, -0.1) is 0 Å². The van der Waals surface area contributed by atoms with Gasteiger partial charge in [-0.1, -0.05) is 30.3 Å². The van der Waals surface area contributed by atoms with Gasteiger partial charge in [-0.2, -0.15) is 31.6 Å². The Hall–Kier alpha value is -2.14. The lowest BCUT2D eigenvalue weighted by Crippen LogP contribution is -2.12. The summed E-state index contributed by atoms with van der Waals surface area (Å²) in [7, 11) is 0. The summed E-state index contributed by atoms with van der Waals surface area (Å²) in [6.07, 6.45) is -9.84. The molecule has 0 aromatic heterocycles. The average Bonchev–Trinajstić information content (AvgIpc) is 2.51. The molecule has 0 spiro atoms. The van der Waals surface area contributed by atoms with E-state index in [0.717, 1.165) is 0 Å². The van der Waals surface area contributed by atoms with E-state index in [1.807, 2.05) is 0 Å². The van der Waals surface area contributed by atoms with Crippen molar-refractivity contribution < 1.29 is 26.3 Å². The molecule has 2 aromatic rings. The SMILES string of the molecule is N#CSC(c1ccccc1)c1cc(C(F)(F)F)cc(C(F)(F)F)c1. The summed E-state index contributed by atoms with van der Waals surface area (Å²) in [5.41, 5.74) is -2.58. The van der Waals surface area contributed by atoms with E-state index in [4.69, 9.17) is 5.26 Å². The van der Waals surface area contributed by atoms with Crippen LogP contribution in [0.1, 0.15) is 27.5 Å². The van der Waals surface area contributed by atoms with E-state index < -0.39 is 28.7 Å². The topological polar surface area (TPSA) is 23.8 Å². The molecule has 2 aromatic carbocycles. The van der Waals surface area contributed by atoms with Crippen molar-refractivity contribution in [1.82, 2.24) is 0 Å². The normalized spacial score (nSPS) is 13.4. The van der Waals surface area contributed by atoms with Crippen LogP contribution < -0.4 is 0 Å². The van der Waals surface area contributed by atoms with Gasteiger partial charge >= 0.3 is 12.4 Å². The zero-order chi connectivity index (χ0) is 18.0. The first-order valence-electron chi connectivity index (χ1n) is 6.52. The van der Waals surface area contributed by atoms with Crippen LogP contribution >= 0.6 is 11.8 Å². The van der Waals surface area contributed by atoms with E-state index in [1.54, 1.807) is 35.7 Å². The molecule has 1 unspecified atom stereocenters. The van der Waals surface area contributed by atoms with Crippen molar-refractivity contribution in [3.63, 3.8) is 0 Å². The molecule has 0 aliphatic rings. The second-order valence-electron chi connectivity index (χ2n) is 4.84. The van der Waals surface area contributed by atoms with Gasteiger partial charge in [0.25, 0.3) is 0 Å². The number of nitriles is 1. The number of halogens is 6. The quantitative estimate of drug-likeness (QED) is 0.492. The maximum absolute atomic E-state index is 12.9. The minimum Gasteiger partial charge on any atom is -0.185 e. The van der Waals surface area contributed by atoms with E-state index in [2.05, 4.69) is 0 Å². The smallest absolute Gasteiger partial charge is 0.185 e.